The van der Waals surface area contributed by atoms with E-state index in [4.69, 9.17) is 35.4 Å². The van der Waals surface area contributed by atoms with Crippen LogP contribution in [0.1, 0.15) is 26.2 Å². The molecule has 0 aliphatic carbocycles. The van der Waals surface area contributed by atoms with Gasteiger partial charge in [0.25, 0.3) is 0 Å². The normalized spacial score (nSPS) is 19.7. The third kappa shape index (κ3) is 3.28. The summed E-state index contributed by atoms with van der Waals surface area (Å²) in [5.74, 6) is 0. The number of hydrogen-bond acceptors (Lipinski definition) is 1. The number of nitrogens with zero attached hydrogens (tertiary/aromatic N) is 1. The fourth-order valence-electron chi connectivity index (χ4n) is 2.18. The van der Waals surface area contributed by atoms with E-state index in [1.807, 2.05) is 0 Å². The first kappa shape index (κ1) is 13.9. The lowest BCUT2D eigenvalue weighted by Gasteiger charge is -2.35. The first-order valence-electron chi connectivity index (χ1n) is 6.10. The predicted molar refractivity (Wildman–Crippen MR) is 82.7 cm³/mol. The molecule has 5 heteroatoms. The highest BCUT2D eigenvalue weighted by Crippen LogP contribution is 2.26. The van der Waals surface area contributed by atoms with Crippen LogP contribution in [0.5, 0.6) is 0 Å². The molecule has 1 heterocycles. The SMILES string of the molecule is CC1CCCCN1C(=S)Nc1cc(Cl)ccc1Cl. The maximum atomic E-state index is 6.12. The highest BCUT2D eigenvalue weighted by molar-refractivity contribution is 7.80. The molecule has 1 N–H and O–H groups in total. The molecule has 2 nitrogen and oxygen atoms in total. The zero-order valence-electron chi connectivity index (χ0n) is 10.2. The van der Waals surface area contributed by atoms with Gasteiger partial charge in [-0.15, -0.1) is 0 Å². The smallest absolute Gasteiger partial charge is 0.173 e. The number of nitrogens with one attached hydrogen (secondary N) is 1. The van der Waals surface area contributed by atoms with E-state index in [0.29, 0.717) is 16.1 Å². The largest absolute Gasteiger partial charge is 0.346 e. The van der Waals surface area contributed by atoms with Gasteiger partial charge in [-0.25, -0.2) is 0 Å². The van der Waals surface area contributed by atoms with Crippen molar-refractivity contribution in [1.29, 1.82) is 0 Å². The van der Waals surface area contributed by atoms with Gasteiger partial charge in [0.2, 0.25) is 0 Å². The van der Waals surface area contributed by atoms with Gasteiger partial charge >= 0.3 is 0 Å². The summed E-state index contributed by atoms with van der Waals surface area (Å²) in [4.78, 5) is 2.22. The second-order valence-corrected chi connectivity index (χ2v) is 5.82. The Morgan fingerprint density at radius 3 is 2.89 bits per heavy atom. The number of likely N-dealkylation sites (tertiary alicyclic amines) is 1. The fraction of sp³-hybridized carbons (Fsp3) is 0.462. The zero-order chi connectivity index (χ0) is 13.1. The van der Waals surface area contributed by atoms with Gasteiger partial charge in [-0.05, 0) is 56.6 Å². The first-order chi connectivity index (χ1) is 8.58. The third-order valence-electron chi connectivity index (χ3n) is 3.23. The number of halogens is 2. The molecule has 1 saturated heterocycles. The van der Waals surface area contributed by atoms with Crippen molar-refractivity contribution in [2.75, 3.05) is 11.9 Å². The molecule has 0 spiro atoms. The molecule has 0 aromatic heterocycles. The highest BCUT2D eigenvalue weighted by Gasteiger charge is 2.20. The summed E-state index contributed by atoms with van der Waals surface area (Å²) in [5.41, 5.74) is 0.770. The highest BCUT2D eigenvalue weighted by atomic mass is 35.5. The number of piperidine rings is 1. The van der Waals surface area contributed by atoms with Gasteiger partial charge in [0, 0.05) is 17.6 Å². The van der Waals surface area contributed by atoms with E-state index in [-0.39, 0.29) is 0 Å². The van der Waals surface area contributed by atoms with Crippen molar-refractivity contribution in [1.82, 2.24) is 4.90 Å². The van der Waals surface area contributed by atoms with Crippen LogP contribution >= 0.6 is 35.4 Å². The van der Waals surface area contributed by atoms with E-state index in [1.54, 1.807) is 18.2 Å². The van der Waals surface area contributed by atoms with E-state index >= 15 is 0 Å². The Balaban J connectivity index is 2.08. The number of rotatable bonds is 1. The first-order valence-corrected chi connectivity index (χ1v) is 7.27. The molecule has 1 unspecified atom stereocenters. The average molecular weight is 303 g/mol. The van der Waals surface area contributed by atoms with Crippen LogP contribution in [0.25, 0.3) is 0 Å². The van der Waals surface area contributed by atoms with Crippen LogP contribution in [0.3, 0.4) is 0 Å². The van der Waals surface area contributed by atoms with E-state index in [0.717, 1.165) is 17.3 Å². The van der Waals surface area contributed by atoms with Crippen LogP contribution in [0, 0.1) is 0 Å². The molecule has 98 valence electrons. The van der Waals surface area contributed by atoms with E-state index in [2.05, 4.69) is 17.1 Å². The number of hydrogen-bond donors (Lipinski definition) is 1. The predicted octanol–water partition coefficient (Wildman–Crippen LogP) is 4.56. The number of benzene rings is 1. The average Bonchev–Trinajstić information content (AvgIpc) is 2.34. The summed E-state index contributed by atoms with van der Waals surface area (Å²) in [6.07, 6.45) is 3.65. The van der Waals surface area contributed by atoms with Crippen LogP contribution in [0.2, 0.25) is 10.0 Å². The molecule has 1 aliphatic rings. The van der Waals surface area contributed by atoms with Crippen molar-refractivity contribution in [2.24, 2.45) is 0 Å². The van der Waals surface area contributed by atoms with Gasteiger partial charge in [-0.1, -0.05) is 23.2 Å². The molecule has 0 bridgehead atoms. The number of anilines is 1. The molecule has 18 heavy (non-hydrogen) atoms. The van der Waals surface area contributed by atoms with Crippen molar-refractivity contribution < 1.29 is 0 Å². The Morgan fingerprint density at radius 2 is 2.17 bits per heavy atom. The minimum absolute atomic E-state index is 0.483. The lowest BCUT2D eigenvalue weighted by atomic mass is 10.0. The molecule has 0 amide bonds. The summed E-state index contributed by atoms with van der Waals surface area (Å²) in [6.45, 7) is 3.21. The van der Waals surface area contributed by atoms with Crippen LogP contribution in [-0.2, 0) is 0 Å². The van der Waals surface area contributed by atoms with Crippen molar-refractivity contribution >= 4 is 46.2 Å². The van der Waals surface area contributed by atoms with Crippen LogP contribution < -0.4 is 5.32 Å². The molecule has 0 radical (unpaired) electrons. The maximum Gasteiger partial charge on any atom is 0.173 e. The standard InChI is InChI=1S/C13H16Cl2N2S/c1-9-4-2-3-7-17(9)13(18)16-12-8-10(14)5-6-11(12)15/h5-6,8-9H,2-4,7H2,1H3,(H,16,18). The Kier molecular flexibility index (Phi) is 4.71. The molecule has 0 saturated carbocycles. The lowest BCUT2D eigenvalue weighted by molar-refractivity contribution is 0.262. The summed E-state index contributed by atoms with van der Waals surface area (Å²) in [6, 6.07) is 5.82. The fourth-order valence-corrected chi connectivity index (χ4v) is 2.90. The van der Waals surface area contributed by atoms with Gasteiger partial charge < -0.3 is 10.2 Å². The summed E-state index contributed by atoms with van der Waals surface area (Å²) in [7, 11) is 0. The second-order valence-electron chi connectivity index (χ2n) is 4.59. The Morgan fingerprint density at radius 1 is 1.39 bits per heavy atom. The van der Waals surface area contributed by atoms with Gasteiger partial charge in [0.1, 0.15) is 0 Å². The molecule has 1 aromatic rings. The monoisotopic (exact) mass is 302 g/mol. The maximum absolute atomic E-state index is 6.12. The minimum Gasteiger partial charge on any atom is -0.346 e. The van der Waals surface area contributed by atoms with Gasteiger partial charge in [-0.3, -0.25) is 0 Å². The topological polar surface area (TPSA) is 15.3 Å². The molecular formula is C13H16Cl2N2S. The van der Waals surface area contributed by atoms with Crippen LogP contribution in [0.4, 0.5) is 5.69 Å². The van der Waals surface area contributed by atoms with Crippen LogP contribution in [0.15, 0.2) is 18.2 Å². The van der Waals surface area contributed by atoms with Gasteiger partial charge in [0.15, 0.2) is 5.11 Å². The summed E-state index contributed by atoms with van der Waals surface area (Å²) in [5, 5.41) is 5.20. The van der Waals surface area contributed by atoms with Crippen molar-refractivity contribution in [3.63, 3.8) is 0 Å². The van der Waals surface area contributed by atoms with Gasteiger partial charge in [0.05, 0.1) is 10.7 Å². The van der Waals surface area contributed by atoms with Crippen molar-refractivity contribution in [2.45, 2.75) is 32.2 Å². The van der Waals surface area contributed by atoms with E-state index < -0.39 is 0 Å². The molecular weight excluding hydrogens is 287 g/mol. The Hall–Kier alpha value is -0.510. The van der Waals surface area contributed by atoms with Crippen molar-refractivity contribution in [3.8, 4) is 0 Å². The molecule has 1 fully saturated rings. The Bertz CT molecular complexity index is 451. The summed E-state index contributed by atoms with van der Waals surface area (Å²) >= 11 is 17.5. The van der Waals surface area contributed by atoms with E-state index in [1.165, 1.54) is 19.3 Å². The Labute approximate surface area is 123 Å². The molecule has 2 rings (SSSR count). The minimum atomic E-state index is 0.483. The van der Waals surface area contributed by atoms with Gasteiger partial charge in [-0.2, -0.15) is 0 Å². The molecule has 1 aliphatic heterocycles. The molecule has 1 aromatic carbocycles. The quantitative estimate of drug-likeness (QED) is 0.765. The zero-order valence-corrected chi connectivity index (χ0v) is 12.6. The summed E-state index contributed by atoms with van der Waals surface area (Å²) < 4.78 is 0. The van der Waals surface area contributed by atoms with Crippen molar-refractivity contribution in [3.05, 3.63) is 28.2 Å². The van der Waals surface area contributed by atoms with Crippen LogP contribution in [-0.4, -0.2) is 22.6 Å². The van der Waals surface area contributed by atoms with E-state index in [9.17, 15) is 0 Å². The third-order valence-corrected chi connectivity index (χ3v) is 4.14. The molecule has 1 atom stereocenters. The number of thiocarbonyl (C=S) groups is 1. The second kappa shape index (κ2) is 6.09. The lowest BCUT2D eigenvalue weighted by Crippen LogP contribution is -2.44.